The van der Waals surface area contributed by atoms with Gasteiger partial charge in [-0.1, -0.05) is 0 Å². The fourth-order valence-corrected chi connectivity index (χ4v) is 1.39. The average Bonchev–Trinajstić information content (AvgIpc) is 2.82. The number of benzene rings is 1. The molecule has 0 fully saturated rings. The molecule has 3 N–H and O–H groups in total. The Morgan fingerprint density at radius 2 is 2.29 bits per heavy atom. The summed E-state index contributed by atoms with van der Waals surface area (Å²) in [6.45, 7) is 1.43. The van der Waals surface area contributed by atoms with Crippen LogP contribution in [0.2, 0.25) is 0 Å². The standard InChI is InChI=1S/C10H13FN6/c11-9-6-8(2-3-10(9)12)13-4-1-5-17-7-14-15-16-17/h2-3,6-7,13H,1,4-5,12H2. The van der Waals surface area contributed by atoms with Gasteiger partial charge in [-0.2, -0.15) is 0 Å². The topological polar surface area (TPSA) is 81.6 Å². The molecular formula is C10H13FN6. The van der Waals surface area contributed by atoms with E-state index < -0.39 is 5.82 Å². The largest absolute Gasteiger partial charge is 0.396 e. The SMILES string of the molecule is Nc1ccc(NCCCn2cnnn2)cc1F. The maximum atomic E-state index is 13.1. The summed E-state index contributed by atoms with van der Waals surface area (Å²) >= 11 is 0. The van der Waals surface area contributed by atoms with Gasteiger partial charge in [-0.3, -0.25) is 0 Å². The molecule has 0 saturated carbocycles. The third kappa shape index (κ3) is 3.13. The van der Waals surface area contributed by atoms with Crippen LogP contribution < -0.4 is 11.1 Å². The van der Waals surface area contributed by atoms with Crippen LogP contribution in [0.3, 0.4) is 0 Å². The number of halogens is 1. The molecule has 2 aromatic rings. The van der Waals surface area contributed by atoms with Crippen LogP contribution in [0.4, 0.5) is 15.8 Å². The van der Waals surface area contributed by atoms with E-state index in [-0.39, 0.29) is 5.69 Å². The molecule has 0 aliphatic rings. The molecule has 1 aromatic heterocycles. The average molecular weight is 236 g/mol. The molecule has 7 heteroatoms. The van der Waals surface area contributed by atoms with Gasteiger partial charge in [0.05, 0.1) is 5.69 Å². The molecule has 0 unspecified atom stereocenters. The van der Waals surface area contributed by atoms with Gasteiger partial charge in [0.15, 0.2) is 0 Å². The highest BCUT2D eigenvalue weighted by atomic mass is 19.1. The first-order valence-electron chi connectivity index (χ1n) is 5.25. The maximum absolute atomic E-state index is 13.1. The van der Waals surface area contributed by atoms with Crippen molar-refractivity contribution in [1.29, 1.82) is 0 Å². The van der Waals surface area contributed by atoms with Gasteiger partial charge in [-0.15, -0.1) is 5.10 Å². The third-order valence-corrected chi connectivity index (χ3v) is 2.29. The van der Waals surface area contributed by atoms with Gasteiger partial charge >= 0.3 is 0 Å². The zero-order valence-electron chi connectivity index (χ0n) is 9.17. The summed E-state index contributed by atoms with van der Waals surface area (Å²) < 4.78 is 14.8. The number of nitrogen functional groups attached to an aromatic ring is 1. The Labute approximate surface area is 97.6 Å². The van der Waals surface area contributed by atoms with Crippen LogP contribution in [0, 0.1) is 5.82 Å². The van der Waals surface area contributed by atoms with Crippen molar-refractivity contribution in [2.24, 2.45) is 0 Å². The lowest BCUT2D eigenvalue weighted by Crippen LogP contribution is -2.07. The molecule has 1 heterocycles. The van der Waals surface area contributed by atoms with E-state index in [0.29, 0.717) is 12.2 Å². The monoisotopic (exact) mass is 236 g/mol. The smallest absolute Gasteiger partial charge is 0.148 e. The van der Waals surface area contributed by atoms with Crippen molar-refractivity contribution < 1.29 is 4.39 Å². The highest BCUT2D eigenvalue weighted by molar-refractivity contribution is 5.52. The summed E-state index contributed by atoms with van der Waals surface area (Å²) in [6.07, 6.45) is 2.40. The normalized spacial score (nSPS) is 10.4. The molecule has 0 bridgehead atoms. The summed E-state index contributed by atoms with van der Waals surface area (Å²) in [5.74, 6) is -0.407. The molecule has 2 rings (SSSR count). The van der Waals surface area contributed by atoms with E-state index in [1.165, 1.54) is 6.07 Å². The molecule has 0 saturated heterocycles. The number of aryl methyl sites for hydroxylation is 1. The highest BCUT2D eigenvalue weighted by Gasteiger charge is 1.99. The molecule has 0 spiro atoms. The first kappa shape index (κ1) is 11.3. The second-order valence-corrected chi connectivity index (χ2v) is 3.59. The molecule has 0 radical (unpaired) electrons. The Morgan fingerprint density at radius 3 is 3.00 bits per heavy atom. The van der Waals surface area contributed by atoms with Crippen molar-refractivity contribution in [3.63, 3.8) is 0 Å². The van der Waals surface area contributed by atoms with E-state index in [9.17, 15) is 4.39 Å². The molecule has 90 valence electrons. The van der Waals surface area contributed by atoms with Crippen LogP contribution in [0.5, 0.6) is 0 Å². The van der Waals surface area contributed by atoms with Gasteiger partial charge < -0.3 is 11.1 Å². The lowest BCUT2D eigenvalue weighted by Gasteiger charge is -2.06. The Bertz CT molecular complexity index is 470. The Morgan fingerprint density at radius 1 is 1.41 bits per heavy atom. The van der Waals surface area contributed by atoms with Crippen molar-refractivity contribution in [2.75, 3.05) is 17.6 Å². The number of anilines is 2. The predicted octanol–water partition coefficient (Wildman–Crippen LogP) is 0.897. The number of hydrogen-bond acceptors (Lipinski definition) is 5. The molecule has 0 atom stereocenters. The van der Waals surface area contributed by atoms with Crippen LogP contribution >= 0.6 is 0 Å². The Kier molecular flexibility index (Phi) is 3.49. The first-order valence-corrected chi connectivity index (χ1v) is 5.25. The van der Waals surface area contributed by atoms with E-state index >= 15 is 0 Å². The Hall–Kier alpha value is -2.18. The number of hydrogen-bond donors (Lipinski definition) is 2. The number of aromatic nitrogens is 4. The summed E-state index contributed by atoms with van der Waals surface area (Å²) in [4.78, 5) is 0. The number of rotatable bonds is 5. The van der Waals surface area contributed by atoms with Crippen molar-refractivity contribution in [2.45, 2.75) is 13.0 Å². The minimum Gasteiger partial charge on any atom is -0.396 e. The molecule has 0 amide bonds. The molecule has 0 aliphatic heterocycles. The lowest BCUT2D eigenvalue weighted by molar-refractivity contribution is 0.569. The zero-order valence-corrected chi connectivity index (χ0v) is 9.17. The number of nitrogens with zero attached hydrogens (tertiary/aromatic N) is 4. The van der Waals surface area contributed by atoms with E-state index in [2.05, 4.69) is 20.8 Å². The van der Waals surface area contributed by atoms with Gasteiger partial charge in [-0.25, -0.2) is 9.07 Å². The lowest BCUT2D eigenvalue weighted by atomic mass is 10.2. The summed E-state index contributed by atoms with van der Waals surface area (Å²) in [7, 11) is 0. The van der Waals surface area contributed by atoms with Crippen LogP contribution in [-0.2, 0) is 6.54 Å². The van der Waals surface area contributed by atoms with Gasteiger partial charge in [0.2, 0.25) is 0 Å². The number of tetrazole rings is 1. The fourth-order valence-electron chi connectivity index (χ4n) is 1.39. The van der Waals surface area contributed by atoms with E-state index in [4.69, 9.17) is 5.73 Å². The van der Waals surface area contributed by atoms with Gasteiger partial charge in [0, 0.05) is 18.8 Å². The molecule has 17 heavy (non-hydrogen) atoms. The quantitative estimate of drug-likeness (QED) is 0.595. The van der Waals surface area contributed by atoms with Crippen molar-refractivity contribution >= 4 is 11.4 Å². The number of nitrogens with two attached hydrogens (primary N) is 1. The van der Waals surface area contributed by atoms with Crippen molar-refractivity contribution in [1.82, 2.24) is 20.2 Å². The predicted molar refractivity (Wildman–Crippen MR) is 61.7 cm³/mol. The number of nitrogens with one attached hydrogen (secondary N) is 1. The van der Waals surface area contributed by atoms with Crippen LogP contribution in [-0.4, -0.2) is 26.8 Å². The van der Waals surface area contributed by atoms with Crippen molar-refractivity contribution in [3.8, 4) is 0 Å². The summed E-state index contributed by atoms with van der Waals surface area (Å²) in [6, 6.07) is 4.67. The summed E-state index contributed by atoms with van der Waals surface area (Å²) in [5.41, 5.74) is 6.25. The minimum absolute atomic E-state index is 0.157. The third-order valence-electron chi connectivity index (χ3n) is 2.29. The molecular weight excluding hydrogens is 223 g/mol. The van der Waals surface area contributed by atoms with Crippen LogP contribution in [0.25, 0.3) is 0 Å². The van der Waals surface area contributed by atoms with E-state index in [1.807, 2.05) is 0 Å². The van der Waals surface area contributed by atoms with Gasteiger partial charge in [0.1, 0.15) is 12.1 Å². The van der Waals surface area contributed by atoms with E-state index in [1.54, 1.807) is 23.1 Å². The maximum Gasteiger partial charge on any atom is 0.148 e. The highest BCUT2D eigenvalue weighted by Crippen LogP contribution is 2.15. The first-order chi connectivity index (χ1) is 8.25. The fraction of sp³-hybridized carbons (Fsp3) is 0.300. The second-order valence-electron chi connectivity index (χ2n) is 3.59. The molecule has 6 nitrogen and oxygen atoms in total. The zero-order chi connectivity index (χ0) is 12.1. The van der Waals surface area contributed by atoms with Crippen LogP contribution in [0.1, 0.15) is 6.42 Å². The van der Waals surface area contributed by atoms with Crippen molar-refractivity contribution in [3.05, 3.63) is 30.3 Å². The van der Waals surface area contributed by atoms with Gasteiger partial charge in [0.25, 0.3) is 0 Å². The second kappa shape index (κ2) is 5.24. The Balaban J connectivity index is 1.76. The summed E-state index contributed by atoms with van der Waals surface area (Å²) in [5, 5.41) is 13.9. The molecule has 1 aromatic carbocycles. The van der Waals surface area contributed by atoms with Crippen LogP contribution in [0.15, 0.2) is 24.5 Å². The van der Waals surface area contributed by atoms with Gasteiger partial charge in [-0.05, 0) is 35.0 Å². The molecule has 0 aliphatic carbocycles. The minimum atomic E-state index is -0.407. The van der Waals surface area contributed by atoms with E-state index in [0.717, 1.165) is 13.0 Å².